The molecule has 4 rings (SSSR count). The molecule has 0 unspecified atom stereocenters. The van der Waals surface area contributed by atoms with Gasteiger partial charge in [-0.25, -0.2) is 4.68 Å². The van der Waals surface area contributed by atoms with Gasteiger partial charge in [0.2, 0.25) is 0 Å². The average Bonchev–Trinajstić information content (AvgIpc) is 3.32. The van der Waals surface area contributed by atoms with Crippen molar-refractivity contribution in [2.24, 2.45) is 0 Å². The molecule has 0 spiro atoms. The second-order valence-electron chi connectivity index (χ2n) is 8.24. The number of nitrogens with zero attached hydrogens (tertiary/aromatic N) is 4. The fourth-order valence-corrected chi connectivity index (χ4v) is 4.07. The molecule has 2 heterocycles. The third-order valence-electron chi connectivity index (χ3n) is 5.82. The molecule has 1 saturated heterocycles. The van der Waals surface area contributed by atoms with Crippen LogP contribution in [0.5, 0.6) is 0 Å². The summed E-state index contributed by atoms with van der Waals surface area (Å²) >= 11 is 0. The van der Waals surface area contributed by atoms with Gasteiger partial charge in [-0.15, -0.1) is 0 Å². The Hall–Kier alpha value is -2.43. The van der Waals surface area contributed by atoms with E-state index in [9.17, 15) is 0 Å². The Bertz CT molecular complexity index is 942. The summed E-state index contributed by atoms with van der Waals surface area (Å²) in [6.07, 6.45) is 3.46. The van der Waals surface area contributed by atoms with Crippen LogP contribution in [0.4, 0.5) is 0 Å². The fraction of sp³-hybridized carbons (Fsp3) is 0.375. The van der Waals surface area contributed by atoms with E-state index < -0.39 is 0 Å². The minimum Gasteiger partial charge on any atom is -0.305 e. The van der Waals surface area contributed by atoms with E-state index in [1.807, 2.05) is 0 Å². The maximum atomic E-state index is 5.03. The predicted octanol–water partition coefficient (Wildman–Crippen LogP) is 4.29. The van der Waals surface area contributed by atoms with Crippen LogP contribution in [0.25, 0.3) is 16.9 Å². The molecule has 28 heavy (non-hydrogen) atoms. The number of aromatic nitrogens is 2. The fourth-order valence-electron chi connectivity index (χ4n) is 4.07. The molecule has 2 aromatic carbocycles. The largest absolute Gasteiger partial charge is 0.305 e. The minimum atomic E-state index is 0.647. The van der Waals surface area contributed by atoms with E-state index in [0.717, 1.165) is 31.0 Å². The number of likely N-dealkylation sites (N-methyl/N-ethyl adjacent to an activating group) is 1. The number of hydrogen-bond acceptors (Lipinski definition) is 3. The van der Waals surface area contributed by atoms with Crippen LogP contribution in [0, 0.1) is 13.8 Å². The maximum absolute atomic E-state index is 5.03. The Morgan fingerprint density at radius 1 is 1.07 bits per heavy atom. The molecule has 3 aromatic rings. The van der Waals surface area contributed by atoms with Crippen LogP contribution in [0.15, 0.2) is 54.7 Å². The Morgan fingerprint density at radius 2 is 1.86 bits per heavy atom. The Balaban J connectivity index is 1.70. The van der Waals surface area contributed by atoms with Crippen LogP contribution in [-0.2, 0) is 6.54 Å². The van der Waals surface area contributed by atoms with E-state index in [-0.39, 0.29) is 0 Å². The summed E-state index contributed by atoms with van der Waals surface area (Å²) in [5, 5.41) is 5.03. The second kappa shape index (κ2) is 7.90. The molecule has 1 aliphatic rings. The van der Waals surface area contributed by atoms with Gasteiger partial charge in [0.25, 0.3) is 0 Å². The summed E-state index contributed by atoms with van der Waals surface area (Å²) in [7, 11) is 4.37. The van der Waals surface area contributed by atoms with Crippen LogP contribution >= 0.6 is 0 Å². The minimum absolute atomic E-state index is 0.647. The molecule has 0 amide bonds. The first-order valence-corrected chi connectivity index (χ1v) is 10.1. The van der Waals surface area contributed by atoms with E-state index in [1.54, 1.807) is 0 Å². The van der Waals surface area contributed by atoms with Crippen LogP contribution in [0.3, 0.4) is 0 Å². The van der Waals surface area contributed by atoms with E-state index >= 15 is 0 Å². The molecule has 1 aromatic heterocycles. The van der Waals surface area contributed by atoms with E-state index in [1.165, 1.54) is 28.7 Å². The molecular formula is C24H30N4. The maximum Gasteiger partial charge on any atom is 0.0972 e. The van der Waals surface area contributed by atoms with Crippen molar-refractivity contribution in [3.8, 4) is 16.9 Å². The predicted molar refractivity (Wildman–Crippen MR) is 116 cm³/mol. The lowest BCUT2D eigenvalue weighted by molar-refractivity contribution is 0.265. The van der Waals surface area contributed by atoms with Gasteiger partial charge >= 0.3 is 0 Å². The molecule has 1 fully saturated rings. The Kier molecular flexibility index (Phi) is 5.33. The van der Waals surface area contributed by atoms with Crippen LogP contribution in [-0.4, -0.2) is 52.8 Å². The van der Waals surface area contributed by atoms with E-state index in [4.69, 9.17) is 5.10 Å². The number of aryl methyl sites for hydroxylation is 2. The van der Waals surface area contributed by atoms with Crippen molar-refractivity contribution in [3.63, 3.8) is 0 Å². The van der Waals surface area contributed by atoms with Gasteiger partial charge in [0.05, 0.1) is 11.4 Å². The standard InChI is InChI=1S/C24H30N4/c1-18-10-11-19(2)23(14-18)28-16-21(15-27-13-12-22(17-27)26(3)4)24(25-28)20-8-6-5-7-9-20/h5-11,14,16,22H,12-13,15,17H2,1-4H3/t22-/m0/s1. The molecule has 146 valence electrons. The smallest absolute Gasteiger partial charge is 0.0972 e. The number of rotatable bonds is 5. The monoisotopic (exact) mass is 374 g/mol. The van der Waals surface area contributed by atoms with Gasteiger partial charge < -0.3 is 4.90 Å². The molecular weight excluding hydrogens is 344 g/mol. The SMILES string of the molecule is Cc1ccc(C)c(-n2cc(CN3CC[C@H](N(C)C)C3)c(-c3ccccc3)n2)c1. The van der Waals surface area contributed by atoms with Crippen LogP contribution < -0.4 is 0 Å². The molecule has 0 saturated carbocycles. The summed E-state index contributed by atoms with van der Waals surface area (Å²) in [4.78, 5) is 4.90. The molecule has 1 aliphatic heterocycles. The second-order valence-corrected chi connectivity index (χ2v) is 8.24. The van der Waals surface area contributed by atoms with Crippen LogP contribution in [0.2, 0.25) is 0 Å². The van der Waals surface area contributed by atoms with E-state index in [0.29, 0.717) is 6.04 Å². The lowest BCUT2D eigenvalue weighted by Crippen LogP contribution is -2.31. The zero-order chi connectivity index (χ0) is 19.7. The van der Waals surface area contributed by atoms with Gasteiger partial charge in [-0.05, 0) is 51.6 Å². The zero-order valence-electron chi connectivity index (χ0n) is 17.4. The highest BCUT2D eigenvalue weighted by Gasteiger charge is 2.25. The third-order valence-corrected chi connectivity index (χ3v) is 5.82. The lowest BCUT2D eigenvalue weighted by Gasteiger charge is -2.20. The van der Waals surface area contributed by atoms with Crippen molar-refractivity contribution in [2.75, 3.05) is 27.2 Å². The number of likely N-dealkylation sites (tertiary alicyclic amines) is 1. The summed E-state index contributed by atoms with van der Waals surface area (Å²) in [5.74, 6) is 0. The molecule has 4 nitrogen and oxygen atoms in total. The van der Waals surface area contributed by atoms with Crippen molar-refractivity contribution in [2.45, 2.75) is 32.9 Å². The summed E-state index contributed by atoms with van der Waals surface area (Å²) in [6, 6.07) is 17.8. The molecule has 0 N–H and O–H groups in total. The third kappa shape index (κ3) is 3.89. The number of benzene rings is 2. The van der Waals surface area contributed by atoms with Crippen molar-refractivity contribution in [1.82, 2.24) is 19.6 Å². The Labute approximate surface area is 168 Å². The molecule has 4 heteroatoms. The molecule has 1 atom stereocenters. The number of hydrogen-bond donors (Lipinski definition) is 0. The van der Waals surface area contributed by atoms with Crippen molar-refractivity contribution in [1.29, 1.82) is 0 Å². The first-order valence-electron chi connectivity index (χ1n) is 10.1. The van der Waals surface area contributed by atoms with Crippen molar-refractivity contribution < 1.29 is 0 Å². The average molecular weight is 375 g/mol. The normalized spacial score (nSPS) is 17.5. The summed E-state index contributed by atoms with van der Waals surface area (Å²) in [6.45, 7) is 7.50. The highest BCUT2D eigenvalue weighted by atomic mass is 15.3. The first kappa shape index (κ1) is 18.9. The summed E-state index contributed by atoms with van der Waals surface area (Å²) < 4.78 is 2.07. The van der Waals surface area contributed by atoms with Gasteiger partial charge in [0.1, 0.15) is 0 Å². The zero-order valence-corrected chi connectivity index (χ0v) is 17.4. The molecule has 0 aliphatic carbocycles. The lowest BCUT2D eigenvalue weighted by atomic mass is 10.1. The van der Waals surface area contributed by atoms with Gasteiger partial charge in [0.15, 0.2) is 0 Å². The van der Waals surface area contributed by atoms with E-state index in [2.05, 4.69) is 97.2 Å². The Morgan fingerprint density at radius 3 is 2.57 bits per heavy atom. The quantitative estimate of drug-likeness (QED) is 0.666. The van der Waals surface area contributed by atoms with Crippen molar-refractivity contribution >= 4 is 0 Å². The van der Waals surface area contributed by atoms with Crippen LogP contribution in [0.1, 0.15) is 23.1 Å². The first-order chi connectivity index (χ1) is 13.5. The van der Waals surface area contributed by atoms with Gasteiger partial charge in [0, 0.05) is 43.0 Å². The highest BCUT2D eigenvalue weighted by molar-refractivity contribution is 5.63. The van der Waals surface area contributed by atoms with Crippen molar-refractivity contribution in [3.05, 3.63) is 71.4 Å². The van der Waals surface area contributed by atoms with Gasteiger partial charge in [-0.2, -0.15) is 5.10 Å². The molecule has 0 bridgehead atoms. The van der Waals surface area contributed by atoms with Gasteiger partial charge in [-0.1, -0.05) is 42.5 Å². The van der Waals surface area contributed by atoms with Gasteiger partial charge in [-0.3, -0.25) is 4.90 Å². The summed E-state index contributed by atoms with van der Waals surface area (Å²) in [5.41, 5.74) is 7.24. The highest BCUT2D eigenvalue weighted by Crippen LogP contribution is 2.27. The topological polar surface area (TPSA) is 24.3 Å². The molecule has 0 radical (unpaired) electrons.